The Morgan fingerprint density at radius 1 is 1.00 bits per heavy atom. The maximum atomic E-state index is 12.7. The number of carbonyl (C=O) groups is 1. The number of nitrogens with one attached hydrogen (secondary N) is 3. The SMILES string of the molecule is Cc1cccc(C[NH+]2CC[NH+]([C@@H](C)C(=O)N[C@@H](C)c3ccccc3)CC2)c1. The van der Waals surface area contributed by atoms with Crippen molar-refractivity contribution in [1.82, 2.24) is 5.32 Å². The zero-order valence-electron chi connectivity index (χ0n) is 16.8. The molecule has 1 aliphatic heterocycles. The van der Waals surface area contributed by atoms with Crippen LogP contribution in [-0.4, -0.2) is 38.1 Å². The fourth-order valence-electron chi connectivity index (χ4n) is 3.99. The molecule has 27 heavy (non-hydrogen) atoms. The standard InChI is InChI=1S/C23H31N3O/c1-18-8-7-9-21(16-18)17-25-12-14-26(15-13-25)20(3)23(27)24-19(2)22-10-5-4-6-11-22/h4-11,16,19-20H,12-15,17H2,1-3H3,(H,24,27)/p+2/t19-,20-/m0/s1. The summed E-state index contributed by atoms with van der Waals surface area (Å²) in [5, 5.41) is 3.18. The Kier molecular flexibility index (Phi) is 6.64. The molecule has 4 heteroatoms. The largest absolute Gasteiger partial charge is 0.344 e. The molecule has 2 atom stereocenters. The van der Waals surface area contributed by atoms with E-state index in [9.17, 15) is 4.79 Å². The van der Waals surface area contributed by atoms with Crippen LogP contribution in [0.5, 0.6) is 0 Å². The molecule has 1 heterocycles. The number of aryl methyl sites for hydroxylation is 1. The van der Waals surface area contributed by atoms with Crippen molar-refractivity contribution in [2.45, 2.75) is 39.4 Å². The maximum Gasteiger partial charge on any atom is 0.278 e. The Morgan fingerprint density at radius 3 is 2.37 bits per heavy atom. The lowest BCUT2D eigenvalue weighted by atomic mass is 10.1. The highest BCUT2D eigenvalue weighted by Crippen LogP contribution is 2.10. The number of hydrogen-bond donors (Lipinski definition) is 3. The third-order valence-electron chi connectivity index (χ3n) is 5.80. The van der Waals surface area contributed by atoms with Gasteiger partial charge in [0.15, 0.2) is 6.04 Å². The van der Waals surface area contributed by atoms with Crippen LogP contribution in [0.2, 0.25) is 0 Å². The summed E-state index contributed by atoms with van der Waals surface area (Å²) in [7, 11) is 0. The van der Waals surface area contributed by atoms with E-state index in [0.29, 0.717) is 0 Å². The third kappa shape index (κ3) is 5.41. The molecule has 1 amide bonds. The van der Waals surface area contributed by atoms with Crippen LogP contribution in [0, 0.1) is 6.92 Å². The molecule has 1 aliphatic rings. The van der Waals surface area contributed by atoms with Crippen LogP contribution in [0.15, 0.2) is 54.6 Å². The minimum absolute atomic E-state index is 0.00307. The average molecular weight is 368 g/mol. The van der Waals surface area contributed by atoms with Gasteiger partial charge in [-0.15, -0.1) is 0 Å². The summed E-state index contributed by atoms with van der Waals surface area (Å²) >= 11 is 0. The molecule has 2 aromatic carbocycles. The minimum atomic E-state index is -0.00307. The average Bonchev–Trinajstić information content (AvgIpc) is 2.68. The van der Waals surface area contributed by atoms with Crippen LogP contribution in [0.3, 0.4) is 0 Å². The molecular formula is C23H33N3O+2. The Balaban J connectivity index is 1.47. The Morgan fingerprint density at radius 2 is 1.70 bits per heavy atom. The first-order chi connectivity index (χ1) is 13.0. The zero-order valence-corrected chi connectivity index (χ0v) is 16.8. The molecule has 0 unspecified atom stereocenters. The minimum Gasteiger partial charge on any atom is -0.344 e. The van der Waals surface area contributed by atoms with E-state index in [0.717, 1.165) is 38.3 Å². The van der Waals surface area contributed by atoms with Gasteiger partial charge in [-0.1, -0.05) is 60.2 Å². The summed E-state index contributed by atoms with van der Waals surface area (Å²) in [4.78, 5) is 15.7. The topological polar surface area (TPSA) is 38.0 Å². The van der Waals surface area contributed by atoms with Crippen LogP contribution in [0.1, 0.15) is 36.6 Å². The first-order valence-electron chi connectivity index (χ1n) is 10.1. The van der Waals surface area contributed by atoms with Crippen molar-refractivity contribution in [2.24, 2.45) is 0 Å². The molecule has 4 nitrogen and oxygen atoms in total. The molecule has 3 N–H and O–H groups in total. The second-order valence-electron chi connectivity index (χ2n) is 7.94. The second kappa shape index (κ2) is 9.16. The lowest BCUT2D eigenvalue weighted by molar-refractivity contribution is -1.02. The van der Waals surface area contributed by atoms with Crippen LogP contribution in [0.4, 0.5) is 0 Å². The molecule has 0 spiro atoms. The smallest absolute Gasteiger partial charge is 0.278 e. The van der Waals surface area contributed by atoms with Crippen molar-refractivity contribution >= 4 is 5.91 Å². The predicted octanol–water partition coefficient (Wildman–Crippen LogP) is 0.544. The summed E-state index contributed by atoms with van der Waals surface area (Å²) in [6.07, 6.45) is 0. The summed E-state index contributed by atoms with van der Waals surface area (Å²) in [6, 6.07) is 19.0. The van der Waals surface area contributed by atoms with E-state index < -0.39 is 0 Å². The molecule has 0 aromatic heterocycles. The number of hydrogen-bond acceptors (Lipinski definition) is 1. The fourth-order valence-corrected chi connectivity index (χ4v) is 3.99. The van der Waals surface area contributed by atoms with Crippen LogP contribution in [-0.2, 0) is 11.3 Å². The second-order valence-corrected chi connectivity index (χ2v) is 7.94. The number of rotatable bonds is 6. The highest BCUT2D eigenvalue weighted by atomic mass is 16.2. The van der Waals surface area contributed by atoms with Gasteiger partial charge in [0.1, 0.15) is 32.7 Å². The fraction of sp³-hybridized carbons (Fsp3) is 0.435. The van der Waals surface area contributed by atoms with E-state index >= 15 is 0 Å². The highest BCUT2D eigenvalue weighted by molar-refractivity contribution is 5.80. The first-order valence-corrected chi connectivity index (χ1v) is 10.1. The number of quaternary nitrogens is 2. The zero-order chi connectivity index (χ0) is 19.2. The summed E-state index contributed by atoms with van der Waals surface area (Å²) in [6.45, 7) is 11.7. The quantitative estimate of drug-likeness (QED) is 0.685. The van der Waals surface area contributed by atoms with Crippen LogP contribution < -0.4 is 15.1 Å². The van der Waals surface area contributed by atoms with E-state index in [-0.39, 0.29) is 18.0 Å². The van der Waals surface area contributed by atoms with Gasteiger partial charge in [-0.25, -0.2) is 0 Å². The lowest BCUT2D eigenvalue weighted by Crippen LogP contribution is -3.29. The molecule has 0 saturated carbocycles. The summed E-state index contributed by atoms with van der Waals surface area (Å²) < 4.78 is 0. The van der Waals surface area contributed by atoms with Crippen molar-refractivity contribution in [3.05, 3.63) is 71.3 Å². The Labute approximate surface area is 163 Å². The van der Waals surface area contributed by atoms with Gasteiger partial charge in [-0.3, -0.25) is 4.79 Å². The molecule has 0 bridgehead atoms. The summed E-state index contributed by atoms with van der Waals surface area (Å²) in [5.74, 6) is 0.156. The number of benzene rings is 2. The molecule has 3 rings (SSSR count). The molecule has 144 valence electrons. The molecule has 1 saturated heterocycles. The van der Waals surface area contributed by atoms with E-state index in [2.05, 4.69) is 62.5 Å². The van der Waals surface area contributed by atoms with Crippen molar-refractivity contribution in [2.75, 3.05) is 26.2 Å². The van der Waals surface area contributed by atoms with Gasteiger partial charge >= 0.3 is 0 Å². The van der Waals surface area contributed by atoms with Gasteiger partial charge < -0.3 is 15.1 Å². The van der Waals surface area contributed by atoms with Crippen LogP contribution >= 0.6 is 0 Å². The molecular weight excluding hydrogens is 334 g/mol. The first kappa shape index (κ1) is 19.6. The molecule has 1 fully saturated rings. The number of amides is 1. The van der Waals surface area contributed by atoms with E-state index in [4.69, 9.17) is 0 Å². The highest BCUT2D eigenvalue weighted by Gasteiger charge is 2.31. The molecule has 2 aromatic rings. The third-order valence-corrected chi connectivity index (χ3v) is 5.80. The van der Waals surface area contributed by atoms with Crippen molar-refractivity contribution in [1.29, 1.82) is 0 Å². The normalized spacial score (nSPS) is 22.0. The maximum absolute atomic E-state index is 12.7. The predicted molar refractivity (Wildman–Crippen MR) is 109 cm³/mol. The summed E-state index contributed by atoms with van der Waals surface area (Å²) in [5.41, 5.74) is 3.89. The van der Waals surface area contributed by atoms with E-state index in [1.807, 2.05) is 18.2 Å². The lowest BCUT2D eigenvalue weighted by Gasteiger charge is -2.33. The van der Waals surface area contributed by atoms with Crippen LogP contribution in [0.25, 0.3) is 0 Å². The van der Waals surface area contributed by atoms with Gasteiger partial charge in [0.25, 0.3) is 5.91 Å². The molecule has 0 aliphatic carbocycles. The van der Waals surface area contributed by atoms with Gasteiger partial charge in [0, 0.05) is 5.56 Å². The van der Waals surface area contributed by atoms with Crippen molar-refractivity contribution in [3.8, 4) is 0 Å². The Hall–Kier alpha value is -2.17. The van der Waals surface area contributed by atoms with Crippen molar-refractivity contribution in [3.63, 3.8) is 0 Å². The van der Waals surface area contributed by atoms with Gasteiger partial charge in [0.05, 0.1) is 6.04 Å². The van der Waals surface area contributed by atoms with Gasteiger partial charge in [-0.05, 0) is 26.3 Å². The van der Waals surface area contributed by atoms with Gasteiger partial charge in [0.2, 0.25) is 0 Å². The Bertz CT molecular complexity index is 738. The van der Waals surface area contributed by atoms with Gasteiger partial charge in [-0.2, -0.15) is 0 Å². The molecule has 0 radical (unpaired) electrons. The number of carbonyl (C=O) groups excluding carboxylic acids is 1. The van der Waals surface area contributed by atoms with E-state index in [1.54, 1.807) is 4.90 Å². The van der Waals surface area contributed by atoms with E-state index in [1.165, 1.54) is 16.0 Å². The van der Waals surface area contributed by atoms with Crippen molar-refractivity contribution < 1.29 is 14.6 Å². The number of piperazine rings is 1. The monoisotopic (exact) mass is 367 g/mol.